The number of hydrogen-bond donors (Lipinski definition) is 1. The number of nitrogens with zero attached hydrogens (tertiary/aromatic N) is 2. The van der Waals surface area contributed by atoms with Crippen molar-refractivity contribution < 1.29 is 5.11 Å². The van der Waals surface area contributed by atoms with Gasteiger partial charge in [0.05, 0.1) is 18.0 Å². The van der Waals surface area contributed by atoms with Gasteiger partial charge in [-0.05, 0) is 44.0 Å². The van der Waals surface area contributed by atoms with Crippen molar-refractivity contribution in [3.05, 3.63) is 45.7 Å². The first-order chi connectivity index (χ1) is 8.02. The van der Waals surface area contributed by atoms with Crippen molar-refractivity contribution in [3.8, 4) is 5.69 Å². The number of aryl methyl sites for hydroxylation is 3. The van der Waals surface area contributed by atoms with Gasteiger partial charge < -0.3 is 5.11 Å². The Morgan fingerprint density at radius 1 is 1.18 bits per heavy atom. The summed E-state index contributed by atoms with van der Waals surface area (Å²) in [5.74, 6) is 0. The molecule has 4 heteroatoms. The van der Waals surface area contributed by atoms with Crippen LogP contribution in [0.2, 0.25) is 5.15 Å². The lowest BCUT2D eigenvalue weighted by Gasteiger charge is -2.06. The summed E-state index contributed by atoms with van der Waals surface area (Å²) in [5, 5.41) is 14.1. The van der Waals surface area contributed by atoms with Crippen molar-refractivity contribution in [1.29, 1.82) is 0 Å². The summed E-state index contributed by atoms with van der Waals surface area (Å²) in [5.41, 5.74) is 4.70. The zero-order chi connectivity index (χ0) is 12.6. The van der Waals surface area contributed by atoms with Crippen LogP contribution in [0.25, 0.3) is 5.69 Å². The Kier molecular flexibility index (Phi) is 3.22. The third kappa shape index (κ3) is 2.21. The van der Waals surface area contributed by atoms with Gasteiger partial charge in [-0.2, -0.15) is 5.10 Å². The van der Waals surface area contributed by atoms with Gasteiger partial charge in [0.2, 0.25) is 0 Å². The predicted molar refractivity (Wildman–Crippen MR) is 68.7 cm³/mol. The Bertz CT molecular complexity index is 541. The first-order valence-corrected chi connectivity index (χ1v) is 5.84. The van der Waals surface area contributed by atoms with E-state index in [-0.39, 0.29) is 6.61 Å². The molecule has 2 rings (SSSR count). The van der Waals surface area contributed by atoms with Crippen molar-refractivity contribution in [2.75, 3.05) is 0 Å². The minimum atomic E-state index is -0.0878. The van der Waals surface area contributed by atoms with E-state index in [2.05, 4.69) is 11.2 Å². The van der Waals surface area contributed by atoms with Crippen LogP contribution in [0.1, 0.15) is 22.4 Å². The lowest BCUT2D eigenvalue weighted by Crippen LogP contribution is -1.98. The van der Waals surface area contributed by atoms with Crippen molar-refractivity contribution in [2.45, 2.75) is 27.4 Å². The highest BCUT2D eigenvalue weighted by molar-refractivity contribution is 6.30. The van der Waals surface area contributed by atoms with Crippen molar-refractivity contribution >= 4 is 11.6 Å². The van der Waals surface area contributed by atoms with Crippen molar-refractivity contribution in [2.24, 2.45) is 0 Å². The van der Waals surface area contributed by atoms with E-state index in [0.29, 0.717) is 10.7 Å². The number of hydrogen-bond acceptors (Lipinski definition) is 2. The minimum absolute atomic E-state index is 0.0878. The number of halogens is 1. The Balaban J connectivity index is 2.60. The molecule has 0 atom stereocenters. The fourth-order valence-corrected chi connectivity index (χ4v) is 2.29. The van der Waals surface area contributed by atoms with Crippen LogP contribution in [0, 0.1) is 20.8 Å². The minimum Gasteiger partial charge on any atom is -0.391 e. The molecule has 1 N–H and O–H groups in total. The van der Waals surface area contributed by atoms with E-state index in [9.17, 15) is 5.11 Å². The summed E-state index contributed by atoms with van der Waals surface area (Å²) in [6.45, 7) is 5.83. The maximum atomic E-state index is 9.23. The molecule has 2 aromatic rings. The summed E-state index contributed by atoms with van der Waals surface area (Å²) < 4.78 is 1.67. The van der Waals surface area contributed by atoms with Gasteiger partial charge >= 0.3 is 0 Å². The third-order valence-corrected chi connectivity index (χ3v) is 3.12. The fourth-order valence-electron chi connectivity index (χ4n) is 1.96. The Morgan fingerprint density at radius 3 is 2.24 bits per heavy atom. The van der Waals surface area contributed by atoms with Crippen LogP contribution in [-0.4, -0.2) is 14.9 Å². The van der Waals surface area contributed by atoms with Gasteiger partial charge in [0.1, 0.15) is 5.15 Å². The largest absolute Gasteiger partial charge is 0.391 e. The first-order valence-electron chi connectivity index (χ1n) is 5.46. The summed E-state index contributed by atoms with van der Waals surface area (Å²) in [7, 11) is 0. The second-order valence-electron chi connectivity index (χ2n) is 4.27. The van der Waals surface area contributed by atoms with Crippen LogP contribution in [0.4, 0.5) is 0 Å². The van der Waals surface area contributed by atoms with Crippen LogP contribution in [-0.2, 0) is 6.61 Å². The van der Waals surface area contributed by atoms with E-state index in [1.54, 1.807) is 4.68 Å². The van der Waals surface area contributed by atoms with Gasteiger partial charge in [-0.25, -0.2) is 4.68 Å². The van der Waals surface area contributed by atoms with Gasteiger partial charge in [0.15, 0.2) is 0 Å². The highest BCUT2D eigenvalue weighted by Gasteiger charge is 2.13. The quantitative estimate of drug-likeness (QED) is 0.890. The molecule has 1 heterocycles. The predicted octanol–water partition coefficient (Wildman–Crippen LogP) is 2.94. The smallest absolute Gasteiger partial charge is 0.138 e. The molecule has 90 valence electrons. The Hall–Kier alpha value is -1.32. The molecule has 0 aliphatic heterocycles. The molecule has 0 fully saturated rings. The van der Waals surface area contributed by atoms with Gasteiger partial charge in [-0.15, -0.1) is 0 Å². The Labute approximate surface area is 106 Å². The highest BCUT2D eigenvalue weighted by Crippen LogP contribution is 2.24. The van der Waals surface area contributed by atoms with Crippen LogP contribution in [0.5, 0.6) is 0 Å². The van der Waals surface area contributed by atoms with Crippen molar-refractivity contribution in [3.63, 3.8) is 0 Å². The van der Waals surface area contributed by atoms with Gasteiger partial charge in [-0.3, -0.25) is 0 Å². The molecule has 0 saturated heterocycles. The van der Waals surface area contributed by atoms with Gasteiger partial charge in [0.25, 0.3) is 0 Å². The van der Waals surface area contributed by atoms with E-state index in [1.807, 2.05) is 32.9 Å². The summed E-state index contributed by atoms with van der Waals surface area (Å²) in [6.07, 6.45) is 0. The highest BCUT2D eigenvalue weighted by atomic mass is 35.5. The number of aliphatic hydroxyl groups is 1. The lowest BCUT2D eigenvalue weighted by molar-refractivity contribution is 0.281. The van der Waals surface area contributed by atoms with Gasteiger partial charge in [-0.1, -0.05) is 17.7 Å². The van der Waals surface area contributed by atoms with Crippen LogP contribution in [0.15, 0.2) is 18.2 Å². The standard InChI is InChI=1S/C13H15ClN2O/c1-8-4-9(2)6-11(5-8)16-13(14)12(7-17)10(3)15-16/h4-6,17H,7H2,1-3H3. The normalized spacial score (nSPS) is 10.9. The molecule has 0 bridgehead atoms. The second kappa shape index (κ2) is 4.51. The summed E-state index contributed by atoms with van der Waals surface area (Å²) >= 11 is 6.21. The zero-order valence-electron chi connectivity index (χ0n) is 10.2. The topological polar surface area (TPSA) is 38.0 Å². The number of benzene rings is 1. The van der Waals surface area contributed by atoms with Crippen LogP contribution < -0.4 is 0 Å². The molecule has 0 radical (unpaired) electrons. The molecule has 1 aromatic heterocycles. The van der Waals surface area contributed by atoms with E-state index in [0.717, 1.165) is 22.5 Å². The molecule has 0 spiro atoms. The summed E-state index contributed by atoms with van der Waals surface area (Å²) in [6, 6.07) is 6.14. The SMILES string of the molecule is Cc1cc(C)cc(-n2nc(C)c(CO)c2Cl)c1. The zero-order valence-corrected chi connectivity index (χ0v) is 10.9. The first kappa shape index (κ1) is 12.1. The lowest BCUT2D eigenvalue weighted by atomic mass is 10.1. The molecule has 0 aliphatic carbocycles. The number of rotatable bonds is 2. The summed E-state index contributed by atoms with van der Waals surface area (Å²) in [4.78, 5) is 0. The van der Waals surface area contributed by atoms with Crippen LogP contribution in [0.3, 0.4) is 0 Å². The molecular weight excluding hydrogens is 236 g/mol. The van der Waals surface area contributed by atoms with Crippen molar-refractivity contribution in [1.82, 2.24) is 9.78 Å². The number of aromatic nitrogens is 2. The van der Waals surface area contributed by atoms with E-state index < -0.39 is 0 Å². The molecule has 0 amide bonds. The average Bonchev–Trinajstić information content (AvgIpc) is 2.52. The molecule has 1 aromatic carbocycles. The monoisotopic (exact) mass is 250 g/mol. The molecular formula is C13H15ClN2O. The van der Waals surface area contributed by atoms with Gasteiger partial charge in [0, 0.05) is 5.56 Å². The third-order valence-electron chi connectivity index (χ3n) is 2.73. The molecule has 17 heavy (non-hydrogen) atoms. The maximum absolute atomic E-state index is 9.23. The molecule has 0 aliphatic rings. The molecule has 3 nitrogen and oxygen atoms in total. The van der Waals surface area contributed by atoms with Crippen LogP contribution >= 0.6 is 11.6 Å². The number of aliphatic hydroxyl groups excluding tert-OH is 1. The maximum Gasteiger partial charge on any atom is 0.138 e. The average molecular weight is 251 g/mol. The van der Waals surface area contributed by atoms with E-state index in [4.69, 9.17) is 11.6 Å². The van der Waals surface area contributed by atoms with E-state index in [1.165, 1.54) is 0 Å². The Morgan fingerprint density at radius 2 is 1.76 bits per heavy atom. The molecule has 0 saturated carbocycles. The fraction of sp³-hybridized carbons (Fsp3) is 0.308. The van der Waals surface area contributed by atoms with E-state index >= 15 is 0 Å². The second-order valence-corrected chi connectivity index (χ2v) is 4.63. The molecule has 0 unspecified atom stereocenters.